The highest BCUT2D eigenvalue weighted by Crippen LogP contribution is 2.27. The first-order valence-electron chi connectivity index (χ1n) is 6.15. The van der Waals surface area contributed by atoms with Crippen LogP contribution in [-0.2, 0) is 0 Å². The van der Waals surface area contributed by atoms with Gasteiger partial charge in [0.1, 0.15) is 5.75 Å². The molecule has 0 atom stereocenters. The first-order valence-corrected chi connectivity index (χ1v) is 6.15. The van der Waals surface area contributed by atoms with E-state index in [1.54, 1.807) is 6.20 Å². The number of benzene rings is 1. The van der Waals surface area contributed by atoms with Crippen LogP contribution in [0.2, 0.25) is 0 Å². The Bertz CT molecular complexity index is 538. The van der Waals surface area contributed by atoms with Crippen molar-refractivity contribution in [3.8, 4) is 16.9 Å². The van der Waals surface area contributed by atoms with Crippen molar-refractivity contribution >= 4 is 5.69 Å². The van der Waals surface area contributed by atoms with Gasteiger partial charge < -0.3 is 10.5 Å². The Morgan fingerprint density at radius 1 is 1.17 bits per heavy atom. The normalized spacial score (nSPS) is 10.3. The van der Waals surface area contributed by atoms with E-state index >= 15 is 0 Å². The summed E-state index contributed by atoms with van der Waals surface area (Å²) in [6.45, 7) is 4.77. The summed E-state index contributed by atoms with van der Waals surface area (Å²) in [4.78, 5) is 4.20. The molecule has 1 heterocycles. The van der Waals surface area contributed by atoms with Crippen molar-refractivity contribution < 1.29 is 4.74 Å². The Morgan fingerprint density at radius 2 is 2.00 bits per heavy atom. The van der Waals surface area contributed by atoms with Gasteiger partial charge in [0, 0.05) is 23.6 Å². The summed E-state index contributed by atoms with van der Waals surface area (Å²) >= 11 is 0. The molecule has 1 aromatic heterocycles. The number of rotatable bonds is 4. The Balaban J connectivity index is 2.35. The van der Waals surface area contributed by atoms with Crippen molar-refractivity contribution in [2.75, 3.05) is 12.3 Å². The maximum atomic E-state index is 5.91. The predicted octanol–water partition coefficient (Wildman–Crippen LogP) is 3.43. The second-order valence-corrected chi connectivity index (χ2v) is 4.33. The topological polar surface area (TPSA) is 48.1 Å². The number of hydrogen-bond acceptors (Lipinski definition) is 3. The molecule has 0 fully saturated rings. The minimum atomic E-state index is 0.707. The number of pyridine rings is 1. The molecule has 3 nitrogen and oxygen atoms in total. The average Bonchev–Trinajstić information content (AvgIpc) is 2.36. The Morgan fingerprint density at radius 3 is 2.72 bits per heavy atom. The summed E-state index contributed by atoms with van der Waals surface area (Å²) in [7, 11) is 0. The van der Waals surface area contributed by atoms with Gasteiger partial charge in [0.15, 0.2) is 0 Å². The highest BCUT2D eigenvalue weighted by molar-refractivity contribution is 5.69. The van der Waals surface area contributed by atoms with Crippen LogP contribution >= 0.6 is 0 Å². The molecule has 2 rings (SSSR count). The quantitative estimate of drug-likeness (QED) is 0.835. The van der Waals surface area contributed by atoms with Crippen LogP contribution in [0.3, 0.4) is 0 Å². The summed E-state index contributed by atoms with van der Waals surface area (Å²) in [5.74, 6) is 0.821. The first-order chi connectivity index (χ1) is 8.69. The van der Waals surface area contributed by atoms with Gasteiger partial charge in [-0.15, -0.1) is 0 Å². The summed E-state index contributed by atoms with van der Waals surface area (Å²) in [5, 5.41) is 0. The molecule has 0 spiro atoms. The Labute approximate surface area is 108 Å². The van der Waals surface area contributed by atoms with E-state index in [0.717, 1.165) is 29.0 Å². The fourth-order valence-electron chi connectivity index (χ4n) is 1.82. The minimum absolute atomic E-state index is 0.707. The van der Waals surface area contributed by atoms with E-state index in [1.807, 2.05) is 37.3 Å². The van der Waals surface area contributed by atoms with Gasteiger partial charge in [-0.1, -0.05) is 6.92 Å². The zero-order valence-electron chi connectivity index (χ0n) is 10.8. The van der Waals surface area contributed by atoms with E-state index < -0.39 is 0 Å². The van der Waals surface area contributed by atoms with Crippen molar-refractivity contribution in [2.45, 2.75) is 20.3 Å². The van der Waals surface area contributed by atoms with Crippen LogP contribution in [0, 0.1) is 6.92 Å². The fourth-order valence-corrected chi connectivity index (χ4v) is 1.82. The second kappa shape index (κ2) is 5.54. The largest absolute Gasteiger partial charge is 0.494 e. The molecule has 0 aliphatic heterocycles. The van der Waals surface area contributed by atoms with Gasteiger partial charge in [0.2, 0.25) is 0 Å². The molecular formula is C15H18N2O. The van der Waals surface area contributed by atoms with E-state index in [4.69, 9.17) is 10.5 Å². The monoisotopic (exact) mass is 242 g/mol. The SMILES string of the molecule is CCCOc1cc(N)cc(-c2ccnc(C)c2)c1. The third-order valence-electron chi connectivity index (χ3n) is 2.63. The highest BCUT2D eigenvalue weighted by Gasteiger charge is 2.03. The number of anilines is 1. The van der Waals surface area contributed by atoms with Crippen molar-refractivity contribution in [2.24, 2.45) is 0 Å². The van der Waals surface area contributed by atoms with Crippen molar-refractivity contribution in [1.29, 1.82) is 0 Å². The van der Waals surface area contributed by atoms with Gasteiger partial charge in [-0.3, -0.25) is 4.98 Å². The molecule has 0 saturated carbocycles. The van der Waals surface area contributed by atoms with E-state index in [1.165, 1.54) is 0 Å². The third-order valence-corrected chi connectivity index (χ3v) is 2.63. The highest BCUT2D eigenvalue weighted by atomic mass is 16.5. The maximum absolute atomic E-state index is 5.91. The van der Waals surface area contributed by atoms with Crippen LogP contribution in [0.1, 0.15) is 19.0 Å². The molecule has 2 N–H and O–H groups in total. The summed E-state index contributed by atoms with van der Waals surface area (Å²) < 4.78 is 5.63. The summed E-state index contributed by atoms with van der Waals surface area (Å²) in [5.41, 5.74) is 9.79. The molecule has 3 heteroatoms. The van der Waals surface area contributed by atoms with Crippen molar-refractivity contribution in [3.63, 3.8) is 0 Å². The van der Waals surface area contributed by atoms with E-state index in [0.29, 0.717) is 12.3 Å². The van der Waals surface area contributed by atoms with Crippen LogP contribution in [0.15, 0.2) is 36.5 Å². The molecule has 1 aromatic carbocycles. The molecule has 0 bridgehead atoms. The standard InChI is InChI=1S/C15H18N2O/c1-3-6-18-15-9-13(8-14(16)10-15)12-4-5-17-11(2)7-12/h4-5,7-10H,3,6,16H2,1-2H3. The van der Waals surface area contributed by atoms with E-state index in [-0.39, 0.29) is 0 Å². The summed E-state index contributed by atoms with van der Waals surface area (Å²) in [6.07, 6.45) is 2.79. The van der Waals surface area contributed by atoms with Gasteiger partial charge in [0.25, 0.3) is 0 Å². The fraction of sp³-hybridized carbons (Fsp3) is 0.267. The smallest absolute Gasteiger partial charge is 0.121 e. The molecule has 0 aliphatic carbocycles. The van der Waals surface area contributed by atoms with Gasteiger partial charge in [-0.05, 0) is 48.7 Å². The molecule has 0 aliphatic rings. The van der Waals surface area contributed by atoms with Crippen LogP contribution < -0.4 is 10.5 Å². The van der Waals surface area contributed by atoms with Crippen molar-refractivity contribution in [1.82, 2.24) is 4.98 Å². The lowest BCUT2D eigenvalue weighted by Gasteiger charge is -2.09. The molecule has 2 aromatic rings. The molecule has 0 unspecified atom stereocenters. The molecule has 0 radical (unpaired) electrons. The number of hydrogen-bond donors (Lipinski definition) is 1. The van der Waals surface area contributed by atoms with Crippen LogP contribution in [-0.4, -0.2) is 11.6 Å². The zero-order chi connectivity index (χ0) is 13.0. The van der Waals surface area contributed by atoms with E-state index in [2.05, 4.69) is 11.9 Å². The Hall–Kier alpha value is -2.03. The van der Waals surface area contributed by atoms with Gasteiger partial charge >= 0.3 is 0 Å². The lowest BCUT2D eigenvalue weighted by atomic mass is 10.1. The van der Waals surface area contributed by atoms with Gasteiger partial charge in [-0.25, -0.2) is 0 Å². The second-order valence-electron chi connectivity index (χ2n) is 4.33. The van der Waals surface area contributed by atoms with E-state index in [9.17, 15) is 0 Å². The van der Waals surface area contributed by atoms with Crippen LogP contribution in [0.25, 0.3) is 11.1 Å². The predicted molar refractivity (Wildman–Crippen MR) is 74.6 cm³/mol. The number of aryl methyl sites for hydroxylation is 1. The number of nitrogens with zero attached hydrogens (tertiary/aromatic N) is 1. The number of nitrogens with two attached hydrogens (primary N) is 1. The molecule has 18 heavy (non-hydrogen) atoms. The Kier molecular flexibility index (Phi) is 3.82. The number of ether oxygens (including phenoxy) is 1. The molecular weight excluding hydrogens is 224 g/mol. The first kappa shape index (κ1) is 12.4. The van der Waals surface area contributed by atoms with Crippen LogP contribution in [0.4, 0.5) is 5.69 Å². The molecule has 94 valence electrons. The van der Waals surface area contributed by atoms with Gasteiger partial charge in [-0.2, -0.15) is 0 Å². The maximum Gasteiger partial charge on any atom is 0.121 e. The minimum Gasteiger partial charge on any atom is -0.494 e. The lowest BCUT2D eigenvalue weighted by molar-refractivity contribution is 0.318. The number of aromatic nitrogens is 1. The van der Waals surface area contributed by atoms with Crippen molar-refractivity contribution in [3.05, 3.63) is 42.2 Å². The number of nitrogen functional groups attached to an aromatic ring is 1. The average molecular weight is 242 g/mol. The molecule has 0 saturated heterocycles. The zero-order valence-corrected chi connectivity index (χ0v) is 10.8. The van der Waals surface area contributed by atoms with Crippen LogP contribution in [0.5, 0.6) is 5.75 Å². The third kappa shape index (κ3) is 3.00. The molecule has 0 amide bonds. The lowest BCUT2D eigenvalue weighted by Crippen LogP contribution is -1.97. The summed E-state index contributed by atoms with van der Waals surface area (Å²) in [6, 6.07) is 9.84. The van der Waals surface area contributed by atoms with Gasteiger partial charge in [0.05, 0.1) is 6.61 Å².